The zero-order valence-electron chi connectivity index (χ0n) is 8.56. The van der Waals surface area contributed by atoms with Crippen molar-refractivity contribution in [1.29, 1.82) is 0 Å². The van der Waals surface area contributed by atoms with E-state index in [0.29, 0.717) is 12.4 Å². The van der Waals surface area contributed by atoms with E-state index in [4.69, 9.17) is 14.0 Å². The van der Waals surface area contributed by atoms with Crippen LogP contribution < -0.4 is 0 Å². The summed E-state index contributed by atoms with van der Waals surface area (Å²) in [5.74, 6) is 0.154. The van der Waals surface area contributed by atoms with Gasteiger partial charge in [-0.15, -0.1) is 0 Å². The van der Waals surface area contributed by atoms with Crippen molar-refractivity contribution in [3.05, 3.63) is 17.5 Å². The van der Waals surface area contributed by atoms with Gasteiger partial charge in [-0.05, 0) is 19.8 Å². The average molecular weight is 211 g/mol. The van der Waals surface area contributed by atoms with Crippen molar-refractivity contribution < 1.29 is 18.8 Å². The molecule has 0 radical (unpaired) electrons. The van der Waals surface area contributed by atoms with Gasteiger partial charge in [-0.3, -0.25) is 0 Å². The van der Waals surface area contributed by atoms with E-state index in [1.807, 2.05) is 0 Å². The standard InChI is InChI=1S/C10H13NO4/c1-2-13-10(12)7-6-9(15-11-7)8-4-3-5-14-8/h6,8H,2-5H2,1H3. The molecule has 0 aliphatic carbocycles. The first-order valence-corrected chi connectivity index (χ1v) is 5.06. The smallest absolute Gasteiger partial charge is 0.360 e. The van der Waals surface area contributed by atoms with Crippen LogP contribution in [0.25, 0.3) is 0 Å². The Morgan fingerprint density at radius 2 is 2.60 bits per heavy atom. The van der Waals surface area contributed by atoms with E-state index < -0.39 is 5.97 Å². The molecule has 1 unspecified atom stereocenters. The molecule has 5 nitrogen and oxygen atoms in total. The Labute approximate surface area is 87.3 Å². The fourth-order valence-corrected chi connectivity index (χ4v) is 1.54. The van der Waals surface area contributed by atoms with Crippen molar-refractivity contribution in [1.82, 2.24) is 5.16 Å². The van der Waals surface area contributed by atoms with Crippen LogP contribution in [0.3, 0.4) is 0 Å². The Balaban J connectivity index is 2.06. The summed E-state index contributed by atoms with van der Waals surface area (Å²) in [4.78, 5) is 11.3. The number of nitrogens with zero attached hydrogens (tertiary/aromatic N) is 1. The van der Waals surface area contributed by atoms with Crippen LogP contribution >= 0.6 is 0 Å². The maximum Gasteiger partial charge on any atom is 0.360 e. The van der Waals surface area contributed by atoms with Gasteiger partial charge in [-0.25, -0.2) is 4.79 Å². The van der Waals surface area contributed by atoms with Gasteiger partial charge in [0, 0.05) is 12.7 Å². The second-order valence-electron chi connectivity index (χ2n) is 3.34. The molecule has 82 valence electrons. The number of hydrogen-bond donors (Lipinski definition) is 0. The van der Waals surface area contributed by atoms with Crippen LogP contribution in [0.5, 0.6) is 0 Å². The van der Waals surface area contributed by atoms with Gasteiger partial charge >= 0.3 is 5.97 Å². The van der Waals surface area contributed by atoms with Crippen molar-refractivity contribution in [3.8, 4) is 0 Å². The second-order valence-corrected chi connectivity index (χ2v) is 3.34. The summed E-state index contributed by atoms with van der Waals surface area (Å²) in [6, 6.07) is 1.59. The lowest BCUT2D eigenvalue weighted by Gasteiger charge is -2.01. The summed E-state index contributed by atoms with van der Waals surface area (Å²) in [6.45, 7) is 2.82. The minimum absolute atomic E-state index is 0.0549. The molecule has 15 heavy (non-hydrogen) atoms. The molecule has 0 saturated carbocycles. The summed E-state index contributed by atoms with van der Waals surface area (Å²) in [6.07, 6.45) is 1.87. The van der Waals surface area contributed by atoms with E-state index in [1.165, 1.54) is 0 Å². The zero-order valence-corrected chi connectivity index (χ0v) is 8.56. The molecule has 2 rings (SSSR count). The van der Waals surface area contributed by atoms with Crippen LogP contribution in [0.4, 0.5) is 0 Å². The van der Waals surface area contributed by atoms with E-state index in [0.717, 1.165) is 19.4 Å². The largest absolute Gasteiger partial charge is 0.461 e. The van der Waals surface area contributed by atoms with Crippen LogP contribution in [-0.4, -0.2) is 24.3 Å². The number of ether oxygens (including phenoxy) is 2. The lowest BCUT2D eigenvalue weighted by Crippen LogP contribution is -2.04. The third kappa shape index (κ3) is 2.18. The Bertz CT molecular complexity index is 341. The maximum absolute atomic E-state index is 11.3. The highest BCUT2D eigenvalue weighted by Gasteiger charge is 2.24. The van der Waals surface area contributed by atoms with Crippen LogP contribution in [0.2, 0.25) is 0 Å². The molecule has 0 amide bonds. The van der Waals surface area contributed by atoms with Crippen molar-refractivity contribution in [2.24, 2.45) is 0 Å². The van der Waals surface area contributed by atoms with Gasteiger partial charge in [0.25, 0.3) is 0 Å². The molecular weight excluding hydrogens is 198 g/mol. The Morgan fingerprint density at radius 3 is 3.27 bits per heavy atom. The molecule has 1 aliphatic heterocycles. The molecule has 1 aromatic heterocycles. The molecule has 1 aliphatic rings. The number of esters is 1. The summed E-state index contributed by atoms with van der Waals surface area (Å²) in [5, 5.41) is 3.65. The van der Waals surface area contributed by atoms with Crippen LogP contribution in [0, 0.1) is 0 Å². The van der Waals surface area contributed by atoms with Gasteiger partial charge < -0.3 is 14.0 Å². The predicted molar refractivity (Wildman–Crippen MR) is 50.4 cm³/mol. The number of hydrogen-bond acceptors (Lipinski definition) is 5. The van der Waals surface area contributed by atoms with Crippen LogP contribution in [0.15, 0.2) is 10.6 Å². The third-order valence-electron chi connectivity index (χ3n) is 2.26. The van der Waals surface area contributed by atoms with Crippen molar-refractivity contribution in [3.63, 3.8) is 0 Å². The van der Waals surface area contributed by atoms with Crippen molar-refractivity contribution in [2.45, 2.75) is 25.9 Å². The SMILES string of the molecule is CCOC(=O)c1cc(C2CCCO2)on1. The predicted octanol–water partition coefficient (Wildman–Crippen LogP) is 1.70. The fourth-order valence-electron chi connectivity index (χ4n) is 1.54. The minimum atomic E-state index is -0.453. The monoisotopic (exact) mass is 211 g/mol. The minimum Gasteiger partial charge on any atom is -0.461 e. The quantitative estimate of drug-likeness (QED) is 0.712. The molecule has 1 saturated heterocycles. The molecule has 1 aromatic rings. The highest BCUT2D eigenvalue weighted by Crippen LogP contribution is 2.28. The topological polar surface area (TPSA) is 61.6 Å². The Kier molecular flexibility index (Phi) is 3.01. The third-order valence-corrected chi connectivity index (χ3v) is 2.26. The maximum atomic E-state index is 11.3. The first kappa shape index (κ1) is 10.2. The van der Waals surface area contributed by atoms with Gasteiger partial charge in [0.05, 0.1) is 6.61 Å². The Morgan fingerprint density at radius 1 is 1.73 bits per heavy atom. The lowest BCUT2D eigenvalue weighted by molar-refractivity contribution is 0.0513. The van der Waals surface area contributed by atoms with E-state index >= 15 is 0 Å². The molecule has 1 atom stereocenters. The van der Waals surface area contributed by atoms with Gasteiger partial charge in [-0.1, -0.05) is 5.16 Å². The molecule has 2 heterocycles. The van der Waals surface area contributed by atoms with Gasteiger partial charge in [0.1, 0.15) is 6.10 Å². The molecule has 0 spiro atoms. The van der Waals surface area contributed by atoms with E-state index in [1.54, 1.807) is 13.0 Å². The highest BCUT2D eigenvalue weighted by atomic mass is 16.5. The molecule has 0 aromatic carbocycles. The molecule has 0 N–H and O–H groups in total. The van der Waals surface area contributed by atoms with Crippen LogP contribution in [-0.2, 0) is 9.47 Å². The summed E-state index contributed by atoms with van der Waals surface area (Å²) >= 11 is 0. The molecule has 0 bridgehead atoms. The van der Waals surface area contributed by atoms with Crippen molar-refractivity contribution >= 4 is 5.97 Å². The fraction of sp³-hybridized carbons (Fsp3) is 0.600. The average Bonchev–Trinajstić information content (AvgIpc) is 2.89. The summed E-state index contributed by atoms with van der Waals surface area (Å²) in [5.41, 5.74) is 0.211. The molecule has 5 heteroatoms. The summed E-state index contributed by atoms with van der Waals surface area (Å²) in [7, 11) is 0. The van der Waals surface area contributed by atoms with E-state index in [9.17, 15) is 4.79 Å². The normalized spacial score (nSPS) is 20.5. The van der Waals surface area contributed by atoms with Gasteiger partial charge in [-0.2, -0.15) is 0 Å². The Hall–Kier alpha value is -1.36. The van der Waals surface area contributed by atoms with Gasteiger partial charge in [0.15, 0.2) is 11.5 Å². The number of carbonyl (C=O) groups is 1. The first-order valence-electron chi connectivity index (χ1n) is 5.06. The summed E-state index contributed by atoms with van der Waals surface area (Å²) < 4.78 is 15.2. The number of carbonyl (C=O) groups excluding carboxylic acids is 1. The molecular formula is C10H13NO4. The highest BCUT2D eigenvalue weighted by molar-refractivity contribution is 5.87. The zero-order chi connectivity index (χ0) is 10.7. The van der Waals surface area contributed by atoms with E-state index in [-0.39, 0.29) is 11.8 Å². The molecule has 1 fully saturated rings. The second kappa shape index (κ2) is 4.44. The lowest BCUT2D eigenvalue weighted by atomic mass is 10.2. The van der Waals surface area contributed by atoms with E-state index in [2.05, 4.69) is 5.16 Å². The van der Waals surface area contributed by atoms with Gasteiger partial charge in [0.2, 0.25) is 0 Å². The number of rotatable bonds is 3. The number of aromatic nitrogens is 1. The van der Waals surface area contributed by atoms with Crippen LogP contribution in [0.1, 0.15) is 42.1 Å². The first-order chi connectivity index (χ1) is 7.31. The van der Waals surface area contributed by atoms with Crippen molar-refractivity contribution in [2.75, 3.05) is 13.2 Å².